The van der Waals surface area contributed by atoms with Crippen molar-refractivity contribution in [3.63, 3.8) is 0 Å². The van der Waals surface area contributed by atoms with Crippen molar-refractivity contribution in [1.82, 2.24) is 35.1 Å². The summed E-state index contributed by atoms with van der Waals surface area (Å²) in [5.74, 6) is -0.0394. The van der Waals surface area contributed by atoms with Crippen molar-refractivity contribution in [2.45, 2.75) is 6.42 Å². The highest BCUT2D eigenvalue weighted by Gasteiger charge is 2.18. The van der Waals surface area contributed by atoms with Crippen LogP contribution in [0.15, 0.2) is 67.1 Å². The Morgan fingerprint density at radius 3 is 2.59 bits per heavy atom. The Bertz CT molecular complexity index is 1880. The van der Waals surface area contributed by atoms with Crippen LogP contribution < -0.4 is 0 Å². The molecule has 0 saturated heterocycles. The fourth-order valence-electron chi connectivity index (χ4n) is 4.26. The Morgan fingerprint density at radius 1 is 0.946 bits per heavy atom. The molecule has 0 aliphatic carbocycles. The minimum atomic E-state index is -3.18. The summed E-state index contributed by atoms with van der Waals surface area (Å²) in [6, 6.07) is 13.9. The molecule has 6 rings (SSSR count). The monoisotopic (exact) mass is 513 g/mol. The number of aromatic amines is 2. The highest BCUT2D eigenvalue weighted by Crippen LogP contribution is 2.32. The van der Waals surface area contributed by atoms with Gasteiger partial charge in [0.15, 0.2) is 17.2 Å². The number of imidazole rings is 1. The number of benzene rings is 1. The summed E-state index contributed by atoms with van der Waals surface area (Å²) < 4.78 is 37.7. The molecule has 0 aliphatic heterocycles. The number of aryl methyl sites for hydroxylation is 1. The molecular formula is C26H20FN7O2S. The molecule has 5 heterocycles. The Morgan fingerprint density at radius 2 is 1.78 bits per heavy atom. The van der Waals surface area contributed by atoms with Crippen LogP contribution in [0.1, 0.15) is 5.56 Å². The molecule has 6 aromatic rings. The zero-order valence-electron chi connectivity index (χ0n) is 19.6. The van der Waals surface area contributed by atoms with E-state index in [0.29, 0.717) is 44.9 Å². The van der Waals surface area contributed by atoms with Gasteiger partial charge in [0, 0.05) is 36.0 Å². The van der Waals surface area contributed by atoms with Crippen molar-refractivity contribution >= 4 is 32.0 Å². The molecule has 5 aromatic heterocycles. The van der Waals surface area contributed by atoms with E-state index in [9.17, 15) is 12.8 Å². The summed E-state index contributed by atoms with van der Waals surface area (Å²) in [5.41, 5.74) is 6.55. The standard InChI is InChI=1S/C26H20FN7O2S/c1-37(35,36)11-7-15-12-17(14-18(27)13-15)19-6-10-29-25-22(19)31-26(32-25)24-23-21(33-34-24)3-2-20(30-23)16-4-8-28-9-5-16/h2-6,8-10,12-14H,7,11H2,1H3,(H,33,34)(H,29,31,32). The molecule has 184 valence electrons. The van der Waals surface area contributed by atoms with Gasteiger partial charge >= 0.3 is 0 Å². The van der Waals surface area contributed by atoms with Gasteiger partial charge < -0.3 is 4.98 Å². The summed E-state index contributed by atoms with van der Waals surface area (Å²) in [6.07, 6.45) is 6.41. The maximum atomic E-state index is 14.5. The van der Waals surface area contributed by atoms with E-state index in [-0.39, 0.29) is 12.2 Å². The van der Waals surface area contributed by atoms with Gasteiger partial charge in [-0.15, -0.1) is 0 Å². The average molecular weight is 514 g/mol. The van der Waals surface area contributed by atoms with Crippen LogP contribution in [0.3, 0.4) is 0 Å². The number of hydrogen-bond donors (Lipinski definition) is 2. The summed E-state index contributed by atoms with van der Waals surface area (Å²) in [6.45, 7) is 0. The van der Waals surface area contributed by atoms with Gasteiger partial charge in [0.1, 0.15) is 21.2 Å². The number of H-pyrrole nitrogens is 2. The number of hydrogen-bond acceptors (Lipinski definition) is 7. The summed E-state index contributed by atoms with van der Waals surface area (Å²) in [4.78, 5) is 21.2. The fraction of sp³-hybridized carbons (Fsp3) is 0.115. The number of nitrogens with zero attached hydrogens (tertiary/aromatic N) is 5. The largest absolute Gasteiger partial charge is 0.335 e. The molecule has 0 radical (unpaired) electrons. The molecule has 0 spiro atoms. The average Bonchev–Trinajstić information content (AvgIpc) is 3.51. The number of aromatic nitrogens is 7. The molecule has 0 bridgehead atoms. The van der Waals surface area contributed by atoms with Crippen LogP contribution in [0, 0.1) is 5.82 Å². The minimum absolute atomic E-state index is 0.0590. The van der Waals surface area contributed by atoms with Gasteiger partial charge in [-0.1, -0.05) is 6.07 Å². The van der Waals surface area contributed by atoms with Crippen LogP contribution in [0.4, 0.5) is 4.39 Å². The second kappa shape index (κ2) is 8.86. The quantitative estimate of drug-likeness (QED) is 0.339. The Labute approximate surface area is 210 Å². The third kappa shape index (κ3) is 4.56. The highest BCUT2D eigenvalue weighted by molar-refractivity contribution is 7.90. The van der Waals surface area contributed by atoms with E-state index in [0.717, 1.165) is 16.8 Å². The summed E-state index contributed by atoms with van der Waals surface area (Å²) >= 11 is 0. The molecule has 11 heteroatoms. The van der Waals surface area contributed by atoms with E-state index in [1.807, 2.05) is 24.3 Å². The maximum absolute atomic E-state index is 14.5. The predicted octanol–water partition coefficient (Wildman–Crippen LogP) is 4.35. The highest BCUT2D eigenvalue weighted by atomic mass is 32.2. The van der Waals surface area contributed by atoms with Crippen molar-refractivity contribution in [2.24, 2.45) is 0 Å². The third-order valence-electron chi connectivity index (χ3n) is 6.03. The third-order valence-corrected chi connectivity index (χ3v) is 6.98. The minimum Gasteiger partial charge on any atom is -0.335 e. The number of fused-ring (bicyclic) bond motifs is 2. The second-order valence-corrected chi connectivity index (χ2v) is 11.0. The van der Waals surface area contributed by atoms with Gasteiger partial charge in [-0.2, -0.15) is 5.10 Å². The Kier molecular flexibility index (Phi) is 5.49. The molecule has 0 atom stereocenters. The number of pyridine rings is 3. The van der Waals surface area contributed by atoms with Gasteiger partial charge in [0.05, 0.1) is 22.5 Å². The fourth-order valence-corrected chi connectivity index (χ4v) is 4.87. The first-order chi connectivity index (χ1) is 17.8. The second-order valence-electron chi connectivity index (χ2n) is 8.77. The topological polar surface area (TPSA) is 130 Å². The first kappa shape index (κ1) is 22.9. The lowest BCUT2D eigenvalue weighted by molar-refractivity contribution is 0.600. The van der Waals surface area contributed by atoms with Crippen molar-refractivity contribution in [3.8, 4) is 33.9 Å². The van der Waals surface area contributed by atoms with Crippen LogP contribution in [-0.2, 0) is 16.3 Å². The lowest BCUT2D eigenvalue weighted by Crippen LogP contribution is -2.06. The van der Waals surface area contributed by atoms with Crippen molar-refractivity contribution in [3.05, 3.63) is 78.5 Å². The van der Waals surface area contributed by atoms with Gasteiger partial charge in [-0.05, 0) is 60.0 Å². The summed E-state index contributed by atoms with van der Waals surface area (Å²) in [5, 5.41) is 7.43. The molecule has 0 amide bonds. The molecular weight excluding hydrogens is 493 g/mol. The van der Waals surface area contributed by atoms with Crippen LogP contribution in [0.5, 0.6) is 0 Å². The van der Waals surface area contributed by atoms with Gasteiger partial charge in [-0.25, -0.2) is 27.8 Å². The lowest BCUT2D eigenvalue weighted by atomic mass is 10.0. The first-order valence-electron chi connectivity index (χ1n) is 11.4. The summed E-state index contributed by atoms with van der Waals surface area (Å²) in [7, 11) is -3.18. The number of sulfone groups is 1. The van der Waals surface area contributed by atoms with E-state index in [1.54, 1.807) is 30.7 Å². The molecule has 37 heavy (non-hydrogen) atoms. The molecule has 0 aliphatic rings. The van der Waals surface area contributed by atoms with E-state index in [1.165, 1.54) is 18.4 Å². The van der Waals surface area contributed by atoms with Gasteiger partial charge in [-0.3, -0.25) is 10.1 Å². The smallest absolute Gasteiger partial charge is 0.178 e. The van der Waals surface area contributed by atoms with Gasteiger partial charge in [0.2, 0.25) is 0 Å². The maximum Gasteiger partial charge on any atom is 0.178 e. The number of halogens is 1. The van der Waals surface area contributed by atoms with Crippen molar-refractivity contribution in [2.75, 3.05) is 12.0 Å². The molecule has 2 N–H and O–H groups in total. The zero-order chi connectivity index (χ0) is 25.6. The molecule has 9 nitrogen and oxygen atoms in total. The molecule has 0 unspecified atom stereocenters. The Hall–Kier alpha value is -4.51. The lowest BCUT2D eigenvalue weighted by Gasteiger charge is -2.07. The SMILES string of the molecule is CS(=O)(=O)CCc1cc(F)cc(-c2ccnc3nc(-c4n[nH]c5ccc(-c6ccncc6)nc45)[nH]c23)c1. The predicted molar refractivity (Wildman–Crippen MR) is 139 cm³/mol. The van der Waals surface area contributed by atoms with Crippen molar-refractivity contribution in [1.29, 1.82) is 0 Å². The van der Waals surface area contributed by atoms with Gasteiger partial charge in [0.25, 0.3) is 0 Å². The zero-order valence-corrected chi connectivity index (χ0v) is 20.4. The first-order valence-corrected chi connectivity index (χ1v) is 13.5. The van der Waals surface area contributed by atoms with Crippen LogP contribution in [0.2, 0.25) is 0 Å². The molecule has 0 fully saturated rings. The number of rotatable bonds is 6. The molecule has 1 aromatic carbocycles. The van der Waals surface area contributed by atoms with E-state index < -0.39 is 15.7 Å². The number of nitrogens with one attached hydrogen (secondary N) is 2. The van der Waals surface area contributed by atoms with E-state index in [4.69, 9.17) is 4.98 Å². The normalized spacial score (nSPS) is 11.9. The van der Waals surface area contributed by atoms with Crippen LogP contribution in [0.25, 0.3) is 56.1 Å². The van der Waals surface area contributed by atoms with Crippen molar-refractivity contribution < 1.29 is 12.8 Å². The van der Waals surface area contributed by atoms with Crippen LogP contribution >= 0.6 is 0 Å². The molecule has 0 saturated carbocycles. The Balaban J connectivity index is 1.44. The van der Waals surface area contributed by atoms with Crippen LogP contribution in [-0.4, -0.2) is 55.5 Å². The van der Waals surface area contributed by atoms with E-state index >= 15 is 0 Å². The van der Waals surface area contributed by atoms with E-state index in [2.05, 4.69) is 30.1 Å².